The third kappa shape index (κ3) is 4.55. The quantitative estimate of drug-likeness (QED) is 0.805. The second kappa shape index (κ2) is 7.92. The summed E-state index contributed by atoms with van der Waals surface area (Å²) in [5.74, 6) is -0.217. The monoisotopic (exact) mass is 318 g/mol. The molecule has 0 saturated carbocycles. The van der Waals surface area contributed by atoms with Gasteiger partial charge in [0.15, 0.2) is 0 Å². The highest BCUT2D eigenvalue weighted by Gasteiger charge is 2.17. The first kappa shape index (κ1) is 16.5. The average molecular weight is 319 g/mol. The topological polar surface area (TPSA) is 62.2 Å². The molecule has 1 amide bonds. The number of aliphatic hydroxyl groups excluding tert-OH is 1. The van der Waals surface area contributed by atoms with Crippen molar-refractivity contribution in [3.05, 3.63) is 64.9 Å². The Labute approximate surface area is 135 Å². The summed E-state index contributed by atoms with van der Waals surface area (Å²) >= 11 is 5.92. The number of nitrogens with one attached hydrogen (secondary N) is 1. The summed E-state index contributed by atoms with van der Waals surface area (Å²) in [5.41, 5.74) is 1.44. The van der Waals surface area contributed by atoms with E-state index >= 15 is 0 Å². The molecule has 2 N–H and O–H groups in total. The standard InChI is InChI=1S/C17H19ClN2O2/c1-12(21)10-14(13-6-3-2-4-7-13)11-20-17(22)15-8-5-9-19-16(15)18/h2-9,12,14,21H,10-11H2,1H3,(H,20,22). The van der Waals surface area contributed by atoms with Crippen LogP contribution in [0.5, 0.6) is 0 Å². The summed E-state index contributed by atoms with van der Waals surface area (Å²) in [4.78, 5) is 16.1. The Morgan fingerprint density at radius 1 is 1.27 bits per heavy atom. The van der Waals surface area contributed by atoms with Gasteiger partial charge >= 0.3 is 0 Å². The zero-order chi connectivity index (χ0) is 15.9. The lowest BCUT2D eigenvalue weighted by Crippen LogP contribution is -2.30. The number of carbonyl (C=O) groups excluding carboxylic acids is 1. The number of aliphatic hydroxyl groups is 1. The zero-order valence-electron chi connectivity index (χ0n) is 12.4. The molecule has 2 unspecified atom stereocenters. The van der Waals surface area contributed by atoms with Crippen LogP contribution in [0.15, 0.2) is 48.7 Å². The van der Waals surface area contributed by atoms with E-state index in [1.165, 1.54) is 0 Å². The van der Waals surface area contributed by atoms with Crippen molar-refractivity contribution in [3.8, 4) is 0 Å². The van der Waals surface area contributed by atoms with Gasteiger partial charge in [0.1, 0.15) is 5.15 Å². The molecule has 2 aromatic rings. The molecule has 0 aliphatic rings. The summed E-state index contributed by atoms with van der Waals surface area (Å²) in [7, 11) is 0. The number of rotatable bonds is 6. The molecule has 116 valence electrons. The summed E-state index contributed by atoms with van der Waals surface area (Å²) in [5, 5.41) is 12.7. The van der Waals surface area contributed by atoms with Crippen LogP contribution in [0.3, 0.4) is 0 Å². The third-order valence-corrected chi connectivity index (χ3v) is 3.71. The van der Waals surface area contributed by atoms with Gasteiger partial charge in [-0.05, 0) is 31.0 Å². The third-order valence-electron chi connectivity index (χ3n) is 3.41. The first-order valence-corrected chi connectivity index (χ1v) is 7.57. The Morgan fingerprint density at radius 3 is 2.64 bits per heavy atom. The number of amides is 1. The number of aromatic nitrogens is 1. The Kier molecular flexibility index (Phi) is 5.92. The Hall–Kier alpha value is -1.91. The van der Waals surface area contributed by atoms with Gasteiger partial charge < -0.3 is 10.4 Å². The smallest absolute Gasteiger partial charge is 0.254 e. The Balaban J connectivity index is 2.05. The molecular formula is C17H19ClN2O2. The van der Waals surface area contributed by atoms with Crippen LogP contribution in [-0.2, 0) is 0 Å². The van der Waals surface area contributed by atoms with E-state index in [0.29, 0.717) is 18.5 Å². The minimum absolute atomic E-state index is 0.0422. The van der Waals surface area contributed by atoms with E-state index < -0.39 is 6.10 Å². The minimum atomic E-state index is -0.441. The molecule has 5 heteroatoms. The fourth-order valence-electron chi connectivity index (χ4n) is 2.34. The number of nitrogens with zero attached hydrogens (tertiary/aromatic N) is 1. The van der Waals surface area contributed by atoms with Gasteiger partial charge in [0.25, 0.3) is 5.91 Å². The second-order valence-corrected chi connectivity index (χ2v) is 5.60. The molecule has 0 bridgehead atoms. The molecule has 0 saturated heterocycles. The van der Waals surface area contributed by atoms with E-state index in [9.17, 15) is 9.90 Å². The summed E-state index contributed by atoms with van der Waals surface area (Å²) < 4.78 is 0. The minimum Gasteiger partial charge on any atom is -0.393 e. The molecule has 1 aromatic heterocycles. The van der Waals surface area contributed by atoms with Crippen molar-refractivity contribution in [2.45, 2.75) is 25.4 Å². The van der Waals surface area contributed by atoms with Gasteiger partial charge in [0.2, 0.25) is 0 Å². The lowest BCUT2D eigenvalue weighted by Gasteiger charge is -2.19. The molecule has 0 aliphatic heterocycles. The predicted molar refractivity (Wildman–Crippen MR) is 87.1 cm³/mol. The molecular weight excluding hydrogens is 300 g/mol. The molecule has 0 radical (unpaired) electrons. The van der Waals surface area contributed by atoms with Crippen LogP contribution in [0.4, 0.5) is 0 Å². The van der Waals surface area contributed by atoms with E-state index in [0.717, 1.165) is 5.56 Å². The lowest BCUT2D eigenvalue weighted by molar-refractivity contribution is 0.0945. The van der Waals surface area contributed by atoms with Crippen LogP contribution in [0, 0.1) is 0 Å². The van der Waals surface area contributed by atoms with Crippen LogP contribution in [0.25, 0.3) is 0 Å². The summed E-state index contributed by atoms with van der Waals surface area (Å²) in [6.07, 6.45) is 1.67. The van der Waals surface area contributed by atoms with Crippen LogP contribution < -0.4 is 5.32 Å². The molecule has 1 heterocycles. The van der Waals surface area contributed by atoms with E-state index in [1.54, 1.807) is 25.3 Å². The number of pyridine rings is 1. The van der Waals surface area contributed by atoms with Crippen molar-refractivity contribution in [3.63, 3.8) is 0 Å². The van der Waals surface area contributed by atoms with Gasteiger partial charge in [0.05, 0.1) is 11.7 Å². The highest BCUT2D eigenvalue weighted by molar-refractivity contribution is 6.32. The number of carbonyl (C=O) groups is 1. The van der Waals surface area contributed by atoms with Crippen molar-refractivity contribution in [1.82, 2.24) is 10.3 Å². The van der Waals surface area contributed by atoms with E-state index in [4.69, 9.17) is 11.6 Å². The summed E-state index contributed by atoms with van der Waals surface area (Å²) in [6, 6.07) is 13.1. The van der Waals surface area contributed by atoms with E-state index in [-0.39, 0.29) is 17.0 Å². The van der Waals surface area contributed by atoms with Crippen molar-refractivity contribution >= 4 is 17.5 Å². The Bertz CT molecular complexity index is 617. The molecule has 0 aliphatic carbocycles. The first-order chi connectivity index (χ1) is 10.6. The normalized spacial score (nSPS) is 13.4. The maximum Gasteiger partial charge on any atom is 0.254 e. The average Bonchev–Trinajstić information content (AvgIpc) is 2.52. The highest BCUT2D eigenvalue weighted by atomic mass is 35.5. The maximum absolute atomic E-state index is 12.2. The number of halogens is 1. The van der Waals surface area contributed by atoms with Crippen molar-refractivity contribution < 1.29 is 9.90 Å². The van der Waals surface area contributed by atoms with Crippen molar-refractivity contribution in [2.75, 3.05) is 6.54 Å². The number of hydrogen-bond acceptors (Lipinski definition) is 3. The highest BCUT2D eigenvalue weighted by Crippen LogP contribution is 2.21. The van der Waals surface area contributed by atoms with Crippen LogP contribution in [0.2, 0.25) is 5.15 Å². The summed E-state index contributed by atoms with van der Waals surface area (Å²) in [6.45, 7) is 2.18. The molecule has 0 fully saturated rings. The maximum atomic E-state index is 12.2. The number of benzene rings is 1. The van der Waals surface area contributed by atoms with Gasteiger partial charge in [-0.15, -0.1) is 0 Å². The first-order valence-electron chi connectivity index (χ1n) is 7.19. The van der Waals surface area contributed by atoms with Gasteiger partial charge in [-0.25, -0.2) is 4.98 Å². The molecule has 2 atom stereocenters. The van der Waals surface area contributed by atoms with E-state index in [1.807, 2.05) is 30.3 Å². The van der Waals surface area contributed by atoms with Gasteiger partial charge in [-0.3, -0.25) is 4.79 Å². The van der Waals surface area contributed by atoms with Crippen molar-refractivity contribution in [1.29, 1.82) is 0 Å². The van der Waals surface area contributed by atoms with Crippen LogP contribution in [-0.4, -0.2) is 28.6 Å². The Morgan fingerprint density at radius 2 is 2.00 bits per heavy atom. The van der Waals surface area contributed by atoms with Crippen molar-refractivity contribution in [2.24, 2.45) is 0 Å². The van der Waals surface area contributed by atoms with Crippen LogP contribution in [0.1, 0.15) is 35.2 Å². The van der Waals surface area contributed by atoms with Gasteiger partial charge in [-0.2, -0.15) is 0 Å². The predicted octanol–water partition coefficient (Wildman–Crippen LogP) is 3.02. The largest absolute Gasteiger partial charge is 0.393 e. The fourth-order valence-corrected chi connectivity index (χ4v) is 2.55. The lowest BCUT2D eigenvalue weighted by atomic mass is 9.93. The molecule has 2 rings (SSSR count). The fraction of sp³-hybridized carbons (Fsp3) is 0.294. The number of hydrogen-bond donors (Lipinski definition) is 2. The second-order valence-electron chi connectivity index (χ2n) is 5.24. The molecule has 1 aromatic carbocycles. The van der Waals surface area contributed by atoms with Gasteiger partial charge in [0, 0.05) is 18.7 Å². The van der Waals surface area contributed by atoms with E-state index in [2.05, 4.69) is 10.3 Å². The molecule has 0 spiro atoms. The zero-order valence-corrected chi connectivity index (χ0v) is 13.1. The SMILES string of the molecule is CC(O)CC(CNC(=O)c1cccnc1Cl)c1ccccc1. The van der Waals surface area contributed by atoms with Crippen LogP contribution >= 0.6 is 11.6 Å². The molecule has 4 nitrogen and oxygen atoms in total. The van der Waals surface area contributed by atoms with Gasteiger partial charge in [-0.1, -0.05) is 41.9 Å². The molecule has 22 heavy (non-hydrogen) atoms.